The summed E-state index contributed by atoms with van der Waals surface area (Å²) in [5, 5.41) is 2.21. The lowest BCUT2D eigenvalue weighted by Gasteiger charge is -2.27. The highest BCUT2D eigenvalue weighted by atomic mass is 127. The molecule has 0 aromatic heterocycles. The van der Waals surface area contributed by atoms with Gasteiger partial charge in [0.1, 0.15) is 5.57 Å². The van der Waals surface area contributed by atoms with Crippen LogP contribution >= 0.6 is 22.6 Å². The molecule has 0 atom stereocenters. The number of carbonyl (C=O) groups excluding carboxylic acids is 4. The van der Waals surface area contributed by atoms with Gasteiger partial charge in [-0.15, -0.1) is 0 Å². The van der Waals surface area contributed by atoms with E-state index in [4.69, 9.17) is 14.2 Å². The monoisotopic (exact) mass is 578 g/mol. The molecular formula is C24H23IN2O7. The van der Waals surface area contributed by atoms with Crippen molar-refractivity contribution in [3.8, 4) is 11.5 Å². The Morgan fingerprint density at radius 3 is 2.50 bits per heavy atom. The molecule has 4 amide bonds. The van der Waals surface area contributed by atoms with E-state index in [2.05, 4.69) is 5.32 Å². The summed E-state index contributed by atoms with van der Waals surface area (Å²) in [6.07, 6.45) is 1.37. The SMILES string of the molecule is CCOC(=O)COc1c(I)cc(/C=C2\C(=O)NC(=O)N(c3ccc(C)c(C)c3)C2=O)cc1OC. The van der Waals surface area contributed by atoms with Gasteiger partial charge in [-0.25, -0.2) is 14.5 Å². The summed E-state index contributed by atoms with van der Waals surface area (Å²) in [4.78, 5) is 50.7. The van der Waals surface area contributed by atoms with Crippen LogP contribution in [0.5, 0.6) is 11.5 Å². The Bertz CT molecular complexity index is 1210. The summed E-state index contributed by atoms with van der Waals surface area (Å²) >= 11 is 1.99. The molecule has 0 unspecified atom stereocenters. The van der Waals surface area contributed by atoms with Gasteiger partial charge in [0, 0.05) is 0 Å². The number of hydrogen-bond acceptors (Lipinski definition) is 7. The molecular weight excluding hydrogens is 555 g/mol. The lowest BCUT2D eigenvalue weighted by atomic mass is 10.0. The van der Waals surface area contributed by atoms with Crippen molar-refractivity contribution in [1.82, 2.24) is 5.32 Å². The number of halogens is 1. The van der Waals surface area contributed by atoms with Gasteiger partial charge < -0.3 is 14.2 Å². The normalized spacial score (nSPS) is 14.8. The average Bonchev–Trinajstić information content (AvgIpc) is 2.78. The van der Waals surface area contributed by atoms with Crippen LogP contribution in [0.3, 0.4) is 0 Å². The fourth-order valence-corrected chi connectivity index (χ4v) is 4.00. The van der Waals surface area contributed by atoms with Crippen molar-refractivity contribution in [2.24, 2.45) is 0 Å². The van der Waals surface area contributed by atoms with E-state index in [0.29, 0.717) is 26.3 Å². The van der Waals surface area contributed by atoms with Crippen LogP contribution in [0.4, 0.5) is 10.5 Å². The number of amides is 4. The Morgan fingerprint density at radius 2 is 1.85 bits per heavy atom. The van der Waals surface area contributed by atoms with Gasteiger partial charge in [-0.05, 0) is 90.4 Å². The molecule has 0 spiro atoms. The summed E-state index contributed by atoms with van der Waals surface area (Å²) in [7, 11) is 1.43. The number of urea groups is 1. The summed E-state index contributed by atoms with van der Waals surface area (Å²) < 4.78 is 16.4. The Balaban J connectivity index is 1.95. The zero-order valence-corrected chi connectivity index (χ0v) is 21.2. The summed E-state index contributed by atoms with van der Waals surface area (Å²) in [6.45, 7) is 5.42. The fraction of sp³-hybridized carbons (Fsp3) is 0.250. The third-order valence-electron chi connectivity index (χ3n) is 5.05. The Hall–Kier alpha value is -3.41. The van der Waals surface area contributed by atoms with Crippen LogP contribution in [0, 0.1) is 17.4 Å². The number of methoxy groups -OCH3 is 1. The van der Waals surface area contributed by atoms with Gasteiger partial charge in [0.15, 0.2) is 18.1 Å². The van der Waals surface area contributed by atoms with E-state index in [9.17, 15) is 19.2 Å². The van der Waals surface area contributed by atoms with Crippen molar-refractivity contribution in [1.29, 1.82) is 0 Å². The van der Waals surface area contributed by atoms with E-state index in [1.807, 2.05) is 36.4 Å². The van der Waals surface area contributed by atoms with E-state index in [0.717, 1.165) is 16.0 Å². The quantitative estimate of drug-likeness (QED) is 0.232. The van der Waals surface area contributed by atoms with E-state index < -0.39 is 23.8 Å². The fourth-order valence-electron chi connectivity index (χ4n) is 3.22. The van der Waals surface area contributed by atoms with Crippen LogP contribution in [0.25, 0.3) is 6.08 Å². The van der Waals surface area contributed by atoms with E-state index >= 15 is 0 Å². The Kier molecular flexibility index (Phi) is 7.92. The van der Waals surface area contributed by atoms with Gasteiger partial charge in [0.05, 0.1) is 23.0 Å². The van der Waals surface area contributed by atoms with Crippen LogP contribution in [-0.2, 0) is 19.1 Å². The smallest absolute Gasteiger partial charge is 0.344 e. The number of anilines is 1. The first-order valence-corrected chi connectivity index (χ1v) is 11.4. The van der Waals surface area contributed by atoms with Gasteiger partial charge in [0.2, 0.25) is 0 Å². The molecule has 2 aromatic carbocycles. The average molecular weight is 578 g/mol. The topological polar surface area (TPSA) is 111 Å². The van der Waals surface area contributed by atoms with E-state index in [1.165, 1.54) is 13.2 Å². The van der Waals surface area contributed by atoms with Gasteiger partial charge >= 0.3 is 12.0 Å². The molecule has 0 bridgehead atoms. The van der Waals surface area contributed by atoms with Crippen molar-refractivity contribution in [3.05, 3.63) is 56.2 Å². The molecule has 1 saturated heterocycles. The lowest BCUT2D eigenvalue weighted by Crippen LogP contribution is -2.54. The number of ether oxygens (including phenoxy) is 3. The second-order valence-electron chi connectivity index (χ2n) is 7.35. The minimum atomic E-state index is -0.815. The third kappa shape index (κ3) is 5.38. The number of nitrogens with zero attached hydrogens (tertiary/aromatic N) is 1. The maximum atomic E-state index is 13.2. The van der Waals surface area contributed by atoms with Gasteiger partial charge in [-0.1, -0.05) is 6.07 Å². The molecule has 0 radical (unpaired) electrons. The number of aryl methyl sites for hydroxylation is 2. The first-order chi connectivity index (χ1) is 16.2. The molecule has 1 fully saturated rings. The van der Waals surface area contributed by atoms with Crippen LogP contribution < -0.4 is 19.7 Å². The molecule has 178 valence electrons. The largest absolute Gasteiger partial charge is 0.493 e. The molecule has 2 aromatic rings. The van der Waals surface area contributed by atoms with Crippen molar-refractivity contribution in [3.63, 3.8) is 0 Å². The minimum absolute atomic E-state index is 0.212. The molecule has 34 heavy (non-hydrogen) atoms. The minimum Gasteiger partial charge on any atom is -0.493 e. The summed E-state index contributed by atoms with van der Waals surface area (Å²) in [5.74, 6) is -1.44. The first kappa shape index (κ1) is 25.2. The number of barbiturate groups is 1. The molecule has 0 saturated carbocycles. The predicted molar refractivity (Wildman–Crippen MR) is 133 cm³/mol. The molecule has 3 rings (SSSR count). The summed E-state index contributed by atoms with van der Waals surface area (Å²) in [6, 6.07) is 7.57. The second kappa shape index (κ2) is 10.7. The van der Waals surface area contributed by atoms with Crippen LogP contribution in [0.2, 0.25) is 0 Å². The molecule has 1 N–H and O–H groups in total. The van der Waals surface area contributed by atoms with Crippen molar-refractivity contribution in [2.45, 2.75) is 20.8 Å². The number of esters is 1. The zero-order valence-electron chi connectivity index (χ0n) is 19.1. The van der Waals surface area contributed by atoms with E-state index in [-0.39, 0.29) is 18.8 Å². The standard InChI is InChI=1S/C24H23IN2O7/c1-5-33-20(28)12-34-21-18(25)10-15(11-19(21)32-4)9-17-22(29)26-24(31)27(23(17)30)16-7-6-13(2)14(3)8-16/h6-11H,5,12H2,1-4H3,(H,26,29,31)/b17-9+. The van der Waals surface area contributed by atoms with E-state index in [1.54, 1.807) is 37.3 Å². The predicted octanol–water partition coefficient (Wildman–Crippen LogP) is 3.52. The van der Waals surface area contributed by atoms with Gasteiger partial charge in [0.25, 0.3) is 11.8 Å². The van der Waals surface area contributed by atoms with Gasteiger partial charge in [-0.3, -0.25) is 14.9 Å². The van der Waals surface area contributed by atoms with Gasteiger partial charge in [-0.2, -0.15) is 0 Å². The third-order valence-corrected chi connectivity index (χ3v) is 5.85. The number of hydrogen-bond donors (Lipinski definition) is 1. The first-order valence-electron chi connectivity index (χ1n) is 10.3. The van der Waals surface area contributed by atoms with Crippen molar-refractivity contribution >= 4 is 58.2 Å². The number of carbonyl (C=O) groups is 4. The van der Waals surface area contributed by atoms with Crippen LogP contribution in [0.15, 0.2) is 35.9 Å². The van der Waals surface area contributed by atoms with Crippen molar-refractivity contribution in [2.75, 3.05) is 25.2 Å². The molecule has 1 aliphatic heterocycles. The molecule has 1 aliphatic rings. The highest BCUT2D eigenvalue weighted by Gasteiger charge is 2.37. The Morgan fingerprint density at radius 1 is 1.12 bits per heavy atom. The molecule has 10 heteroatoms. The zero-order chi connectivity index (χ0) is 25.0. The highest BCUT2D eigenvalue weighted by Crippen LogP contribution is 2.35. The Labute approximate surface area is 210 Å². The number of imide groups is 2. The number of rotatable bonds is 7. The van der Waals surface area contributed by atoms with Crippen molar-refractivity contribution < 1.29 is 33.4 Å². The van der Waals surface area contributed by atoms with Crippen LogP contribution in [0.1, 0.15) is 23.6 Å². The maximum absolute atomic E-state index is 13.2. The molecule has 9 nitrogen and oxygen atoms in total. The maximum Gasteiger partial charge on any atom is 0.344 e. The highest BCUT2D eigenvalue weighted by molar-refractivity contribution is 14.1. The van der Waals surface area contributed by atoms with Crippen LogP contribution in [-0.4, -0.2) is 44.1 Å². The molecule has 0 aliphatic carbocycles. The number of nitrogens with one attached hydrogen (secondary N) is 1. The summed E-state index contributed by atoms with van der Waals surface area (Å²) in [5.41, 5.74) is 2.53. The second-order valence-corrected chi connectivity index (χ2v) is 8.52. The number of benzene rings is 2. The lowest BCUT2D eigenvalue weighted by molar-refractivity contribution is -0.145. The molecule has 1 heterocycles.